The van der Waals surface area contributed by atoms with Crippen LogP contribution in [0.1, 0.15) is 5.56 Å². The Kier molecular flexibility index (Phi) is 6.82. The highest BCUT2D eigenvalue weighted by Gasteiger charge is 2.16. The minimum Gasteiger partial charge on any atom is -0.505 e. The number of rotatable bonds is 5. The molecule has 0 saturated heterocycles. The van der Waals surface area contributed by atoms with Gasteiger partial charge in [-0.2, -0.15) is 0 Å². The van der Waals surface area contributed by atoms with Crippen LogP contribution in [0.3, 0.4) is 0 Å². The van der Waals surface area contributed by atoms with Gasteiger partial charge in [0.05, 0.1) is 17.2 Å². The molecule has 9 heteroatoms. The van der Waals surface area contributed by atoms with Crippen LogP contribution in [-0.2, 0) is 11.2 Å². The molecule has 0 unspecified atom stereocenters. The van der Waals surface area contributed by atoms with Gasteiger partial charge in [0.2, 0.25) is 0 Å². The Morgan fingerprint density at radius 2 is 1.67 bits per heavy atom. The van der Waals surface area contributed by atoms with E-state index in [0.29, 0.717) is 11.5 Å². The number of benzene rings is 2. The molecule has 0 fully saturated rings. The van der Waals surface area contributed by atoms with Crippen LogP contribution in [0, 0.1) is 7.14 Å². The molecule has 0 aliphatic rings. The monoisotopic (exact) mass is 593 g/mol. The number of phenols is 1. The molecule has 2 rings (SSSR count). The fourth-order valence-corrected chi connectivity index (χ4v) is 4.47. The van der Waals surface area contributed by atoms with E-state index in [4.69, 9.17) is 38.8 Å². The molecule has 0 aromatic heterocycles. The summed E-state index contributed by atoms with van der Waals surface area (Å²) in [5.41, 5.74) is 6.37. The third-order valence-corrected chi connectivity index (χ3v) is 5.22. The quantitative estimate of drug-likeness (QED) is 0.439. The topological polar surface area (TPSA) is 92.8 Å². The minimum atomic E-state index is -1.05. The summed E-state index contributed by atoms with van der Waals surface area (Å²) < 4.78 is 7.39. The number of carbonyl (C=O) groups is 1. The summed E-state index contributed by atoms with van der Waals surface area (Å²) in [5, 5.41) is 18.7. The first-order chi connectivity index (χ1) is 11.2. The lowest BCUT2D eigenvalue weighted by atomic mass is 10.1. The van der Waals surface area contributed by atoms with E-state index >= 15 is 0 Å². The molecule has 0 saturated carbocycles. The molecule has 0 heterocycles. The lowest BCUT2D eigenvalue weighted by Gasteiger charge is -2.14. The van der Waals surface area contributed by atoms with E-state index < -0.39 is 12.0 Å². The highest BCUT2D eigenvalue weighted by atomic mass is 127. The van der Waals surface area contributed by atoms with Gasteiger partial charge in [0, 0.05) is 12.1 Å². The molecule has 128 valence electrons. The van der Waals surface area contributed by atoms with E-state index in [1.807, 2.05) is 12.1 Å². The zero-order chi connectivity index (χ0) is 18.0. The number of nitrogens with two attached hydrogens (primary N) is 1. The summed E-state index contributed by atoms with van der Waals surface area (Å²) in [6, 6.07) is 5.58. The molecule has 0 amide bonds. The molecular weight excluding hydrogens is 583 g/mol. The maximum atomic E-state index is 10.9. The Hall–Kier alpha value is -0.490. The van der Waals surface area contributed by atoms with Gasteiger partial charge in [0.25, 0.3) is 0 Å². The number of aromatic hydroxyl groups is 1. The molecule has 0 radical (unpaired) electrons. The highest BCUT2D eigenvalue weighted by Crippen LogP contribution is 2.39. The molecule has 0 aliphatic carbocycles. The van der Waals surface area contributed by atoms with Crippen LogP contribution >= 0.6 is 68.4 Å². The van der Waals surface area contributed by atoms with Gasteiger partial charge in [-0.05, 0) is 69.3 Å². The second kappa shape index (κ2) is 8.26. The van der Waals surface area contributed by atoms with Crippen molar-refractivity contribution < 1.29 is 19.7 Å². The third kappa shape index (κ3) is 4.78. The van der Waals surface area contributed by atoms with Gasteiger partial charge in [-0.25, -0.2) is 0 Å². The van der Waals surface area contributed by atoms with Crippen LogP contribution in [0.5, 0.6) is 17.2 Å². The van der Waals surface area contributed by atoms with E-state index in [9.17, 15) is 9.90 Å². The van der Waals surface area contributed by atoms with Crippen molar-refractivity contribution in [1.82, 2.24) is 0 Å². The Labute approximate surface area is 175 Å². The first-order valence-electron chi connectivity index (χ1n) is 6.51. The van der Waals surface area contributed by atoms with Gasteiger partial charge in [0.15, 0.2) is 11.5 Å². The first kappa shape index (κ1) is 19.8. The number of carboxylic acids is 1. The average Bonchev–Trinajstić information content (AvgIpc) is 2.48. The van der Waals surface area contributed by atoms with Gasteiger partial charge in [-0.3, -0.25) is 4.79 Å². The van der Waals surface area contributed by atoms with Crippen LogP contribution in [0.15, 0.2) is 24.3 Å². The van der Waals surface area contributed by atoms with Crippen LogP contribution in [0.2, 0.25) is 10.0 Å². The highest BCUT2D eigenvalue weighted by molar-refractivity contribution is 14.1. The lowest BCUT2D eigenvalue weighted by molar-refractivity contribution is -0.138. The van der Waals surface area contributed by atoms with Gasteiger partial charge in [-0.15, -0.1) is 0 Å². The van der Waals surface area contributed by atoms with Crippen molar-refractivity contribution in [3.63, 3.8) is 0 Å². The lowest BCUT2D eigenvalue weighted by Crippen LogP contribution is -2.32. The fourth-order valence-electron chi connectivity index (χ4n) is 1.89. The summed E-state index contributed by atoms with van der Waals surface area (Å²) >= 11 is 16.0. The maximum Gasteiger partial charge on any atom is 0.320 e. The molecule has 24 heavy (non-hydrogen) atoms. The van der Waals surface area contributed by atoms with Crippen LogP contribution in [0.4, 0.5) is 0 Å². The molecule has 2 aromatic rings. The number of aliphatic carboxylic acids is 1. The molecule has 0 aliphatic heterocycles. The van der Waals surface area contributed by atoms with E-state index in [2.05, 4.69) is 45.2 Å². The summed E-state index contributed by atoms with van der Waals surface area (Å²) in [7, 11) is 0. The van der Waals surface area contributed by atoms with Crippen LogP contribution in [-0.4, -0.2) is 22.2 Å². The summed E-state index contributed by atoms with van der Waals surface area (Å²) in [4.78, 5) is 10.9. The molecule has 2 aromatic carbocycles. The number of halogens is 4. The first-order valence-corrected chi connectivity index (χ1v) is 9.42. The number of hydrogen-bond acceptors (Lipinski definition) is 4. The predicted molar refractivity (Wildman–Crippen MR) is 109 cm³/mol. The van der Waals surface area contributed by atoms with E-state index in [1.54, 1.807) is 0 Å². The van der Waals surface area contributed by atoms with E-state index in [0.717, 1.165) is 12.7 Å². The normalized spacial score (nSPS) is 12.0. The Morgan fingerprint density at radius 1 is 1.17 bits per heavy atom. The van der Waals surface area contributed by atoms with Gasteiger partial charge in [-0.1, -0.05) is 23.2 Å². The third-order valence-electron chi connectivity index (χ3n) is 3.04. The van der Waals surface area contributed by atoms with Crippen molar-refractivity contribution in [3.05, 3.63) is 47.0 Å². The van der Waals surface area contributed by atoms with Crippen LogP contribution < -0.4 is 10.5 Å². The van der Waals surface area contributed by atoms with Gasteiger partial charge >= 0.3 is 5.97 Å². The Bertz CT molecular complexity index is 755. The fraction of sp³-hybridized carbons (Fsp3) is 0.133. The van der Waals surface area contributed by atoms with Gasteiger partial charge < -0.3 is 20.7 Å². The smallest absolute Gasteiger partial charge is 0.320 e. The van der Waals surface area contributed by atoms with Crippen molar-refractivity contribution in [2.24, 2.45) is 5.73 Å². The van der Waals surface area contributed by atoms with Crippen molar-refractivity contribution in [2.75, 3.05) is 0 Å². The summed E-state index contributed by atoms with van der Waals surface area (Å²) in [5.74, 6) is -0.280. The van der Waals surface area contributed by atoms with Crippen molar-refractivity contribution in [2.45, 2.75) is 12.5 Å². The SMILES string of the molecule is N[C@@H](Cc1cc(I)c(Oc2cc(Cl)c(O)c(Cl)c2)c(I)c1)C(=O)O. The predicted octanol–water partition coefficient (Wildman–Crippen LogP) is 4.65. The molecule has 4 N–H and O–H groups in total. The van der Waals surface area contributed by atoms with Crippen molar-refractivity contribution >= 4 is 74.4 Å². The molecule has 0 bridgehead atoms. The average molecular weight is 594 g/mol. The summed E-state index contributed by atoms with van der Waals surface area (Å²) in [6.45, 7) is 0. The van der Waals surface area contributed by atoms with E-state index in [-0.39, 0.29) is 22.2 Å². The maximum absolute atomic E-state index is 10.9. The zero-order valence-corrected chi connectivity index (χ0v) is 17.7. The number of phenolic OH excluding ortho intramolecular Hbond substituents is 1. The summed E-state index contributed by atoms with van der Waals surface area (Å²) in [6.07, 6.45) is 0.221. The molecule has 0 spiro atoms. The number of ether oxygens (including phenoxy) is 1. The Balaban J connectivity index is 2.30. The zero-order valence-electron chi connectivity index (χ0n) is 11.9. The van der Waals surface area contributed by atoms with Crippen molar-refractivity contribution in [3.8, 4) is 17.2 Å². The number of carboxylic acid groups (broad SMARTS) is 1. The standard InChI is InChI=1S/C15H11Cl2I2NO4/c16-8-4-7(5-9(17)13(8)21)24-14-10(18)1-6(2-11(14)19)3-12(20)15(22)23/h1-2,4-5,12,21H,3,20H2,(H,22,23)/t12-/m0/s1. The Morgan fingerprint density at radius 3 is 2.12 bits per heavy atom. The number of hydrogen-bond donors (Lipinski definition) is 3. The molecule has 5 nitrogen and oxygen atoms in total. The molecule has 1 atom stereocenters. The second-order valence-corrected chi connectivity index (χ2v) is 8.01. The largest absolute Gasteiger partial charge is 0.505 e. The minimum absolute atomic E-state index is 0.0894. The van der Waals surface area contributed by atoms with E-state index in [1.165, 1.54) is 12.1 Å². The second-order valence-electron chi connectivity index (χ2n) is 4.88. The molecular formula is C15H11Cl2I2NO4. The van der Waals surface area contributed by atoms with Gasteiger partial charge in [0.1, 0.15) is 11.8 Å². The van der Waals surface area contributed by atoms with Crippen molar-refractivity contribution in [1.29, 1.82) is 0 Å². The van der Waals surface area contributed by atoms with Crippen LogP contribution in [0.25, 0.3) is 0 Å².